The zero-order chi connectivity index (χ0) is 21.7. The van der Waals surface area contributed by atoms with Crippen molar-refractivity contribution in [3.8, 4) is 0 Å². The summed E-state index contributed by atoms with van der Waals surface area (Å²) in [6.45, 7) is 3.23. The molecule has 1 aromatic heterocycles. The molecular weight excluding hydrogens is 445 g/mol. The van der Waals surface area contributed by atoms with Gasteiger partial charge in [-0.3, -0.25) is 4.99 Å². The lowest BCUT2D eigenvalue weighted by molar-refractivity contribution is -0.153. The quantitative estimate of drug-likeness (QED) is 0.518. The van der Waals surface area contributed by atoms with Gasteiger partial charge < -0.3 is 5.32 Å². The molecule has 12 heteroatoms. The number of fused-ring (bicyclic) bond motifs is 1. The Morgan fingerprint density at radius 1 is 1.10 bits per heavy atom. The summed E-state index contributed by atoms with van der Waals surface area (Å²) in [5.41, 5.74) is -2.03. The van der Waals surface area contributed by atoms with Crippen LogP contribution in [0.15, 0.2) is 26.7 Å². The van der Waals surface area contributed by atoms with E-state index in [1.807, 2.05) is 6.92 Å². The summed E-state index contributed by atoms with van der Waals surface area (Å²) in [5.74, 6) is -2.49. The van der Waals surface area contributed by atoms with Gasteiger partial charge in [-0.05, 0) is 25.7 Å². The molecule has 1 N–H and O–H groups in total. The molecule has 0 amide bonds. The number of rotatable bonds is 2. The van der Waals surface area contributed by atoms with Crippen LogP contribution < -0.4 is 5.32 Å². The van der Waals surface area contributed by atoms with Gasteiger partial charge in [0.2, 0.25) is 5.82 Å². The average molecular weight is 459 g/mol. The van der Waals surface area contributed by atoms with E-state index in [-0.39, 0.29) is 22.4 Å². The van der Waals surface area contributed by atoms with E-state index in [1.54, 1.807) is 6.08 Å². The molecule has 2 heterocycles. The Morgan fingerprint density at radius 3 is 2.28 bits per heavy atom. The van der Waals surface area contributed by atoms with Crippen molar-refractivity contribution in [2.24, 2.45) is 10.9 Å². The third kappa shape index (κ3) is 4.23. The molecule has 0 aromatic carbocycles. The van der Waals surface area contributed by atoms with E-state index < -0.39 is 41.3 Å². The van der Waals surface area contributed by atoms with Gasteiger partial charge in [-0.15, -0.1) is 0 Å². The van der Waals surface area contributed by atoms with Crippen LogP contribution in [0, 0.1) is 5.92 Å². The van der Waals surface area contributed by atoms with Crippen molar-refractivity contribution in [2.45, 2.75) is 45.1 Å². The molecule has 3 rings (SSSR count). The van der Waals surface area contributed by atoms with Crippen molar-refractivity contribution in [3.05, 3.63) is 38.8 Å². The number of aromatic nitrogens is 2. The average Bonchev–Trinajstić information content (AvgIpc) is 2.58. The number of halogens is 8. The molecule has 1 aromatic rings. The minimum Gasteiger partial charge on any atom is -0.324 e. The molecule has 2 unspecified atom stereocenters. The van der Waals surface area contributed by atoms with Crippen LogP contribution in [0.2, 0.25) is 0 Å². The summed E-state index contributed by atoms with van der Waals surface area (Å²) in [4.78, 5) is 10.1. The third-order valence-electron chi connectivity index (χ3n) is 4.54. The SMILES string of the molecule is CCC1C=C(Cl)C(C2=NC(C)c3c(nc(C(F)(F)F)nc3C(F)(F)F)N2)=C(Cl)C1. The number of nitrogens with one attached hydrogen (secondary N) is 1. The van der Waals surface area contributed by atoms with Crippen LogP contribution in [-0.4, -0.2) is 15.8 Å². The molecular formula is C17H14Cl2F6N4. The molecule has 4 nitrogen and oxygen atoms in total. The predicted molar refractivity (Wildman–Crippen MR) is 96.7 cm³/mol. The Bertz CT molecular complexity index is 933. The second-order valence-corrected chi connectivity index (χ2v) is 7.46. The van der Waals surface area contributed by atoms with Crippen LogP contribution in [0.3, 0.4) is 0 Å². The molecule has 29 heavy (non-hydrogen) atoms. The van der Waals surface area contributed by atoms with Crippen molar-refractivity contribution in [1.82, 2.24) is 9.97 Å². The largest absolute Gasteiger partial charge is 0.451 e. The summed E-state index contributed by atoms with van der Waals surface area (Å²) in [7, 11) is 0. The van der Waals surface area contributed by atoms with E-state index in [1.165, 1.54) is 6.92 Å². The fourth-order valence-electron chi connectivity index (χ4n) is 3.15. The van der Waals surface area contributed by atoms with E-state index in [0.29, 0.717) is 11.5 Å². The highest BCUT2D eigenvalue weighted by Gasteiger charge is 2.45. The van der Waals surface area contributed by atoms with Gasteiger partial charge in [-0.1, -0.05) is 36.2 Å². The first-order chi connectivity index (χ1) is 13.3. The molecule has 0 saturated heterocycles. The zero-order valence-electron chi connectivity index (χ0n) is 15.0. The molecule has 2 atom stereocenters. The highest BCUT2D eigenvalue weighted by atomic mass is 35.5. The Labute approximate surface area is 171 Å². The van der Waals surface area contributed by atoms with Gasteiger partial charge in [-0.25, -0.2) is 9.97 Å². The first-order valence-electron chi connectivity index (χ1n) is 8.50. The second-order valence-electron chi connectivity index (χ2n) is 6.60. The molecule has 2 aliphatic rings. The smallest absolute Gasteiger partial charge is 0.324 e. The van der Waals surface area contributed by atoms with Crippen LogP contribution in [-0.2, 0) is 12.4 Å². The Kier molecular flexibility index (Phi) is 5.63. The summed E-state index contributed by atoms with van der Waals surface area (Å²) in [6, 6.07) is -1.18. The lowest BCUT2D eigenvalue weighted by Gasteiger charge is -2.28. The lowest BCUT2D eigenvalue weighted by Crippen LogP contribution is -2.29. The number of allylic oxidation sites excluding steroid dienone is 2. The maximum Gasteiger partial charge on any atom is 0.451 e. The molecule has 0 spiro atoms. The van der Waals surface area contributed by atoms with Crippen molar-refractivity contribution in [2.75, 3.05) is 5.32 Å². The molecule has 0 radical (unpaired) electrons. The summed E-state index contributed by atoms with van der Waals surface area (Å²) in [5, 5.41) is 2.98. The maximum absolute atomic E-state index is 13.4. The third-order valence-corrected chi connectivity index (χ3v) is 5.20. The molecule has 0 fully saturated rings. The van der Waals surface area contributed by atoms with E-state index in [2.05, 4.69) is 20.3 Å². The fraction of sp³-hybridized carbons (Fsp3) is 0.471. The number of hydrogen-bond donors (Lipinski definition) is 1. The molecule has 158 valence electrons. The van der Waals surface area contributed by atoms with Crippen LogP contribution in [0.4, 0.5) is 32.2 Å². The monoisotopic (exact) mass is 458 g/mol. The van der Waals surface area contributed by atoms with Gasteiger partial charge >= 0.3 is 12.4 Å². The van der Waals surface area contributed by atoms with Crippen LogP contribution >= 0.6 is 23.2 Å². The van der Waals surface area contributed by atoms with Crippen LogP contribution in [0.5, 0.6) is 0 Å². The van der Waals surface area contributed by atoms with Gasteiger partial charge in [0.05, 0.1) is 11.6 Å². The molecule has 0 bridgehead atoms. The normalized spacial score (nSPS) is 22.7. The van der Waals surface area contributed by atoms with Gasteiger partial charge in [0.25, 0.3) is 0 Å². The number of anilines is 1. The Hall–Kier alpha value is -1.81. The minimum atomic E-state index is -5.16. The van der Waals surface area contributed by atoms with Gasteiger partial charge in [0.1, 0.15) is 11.7 Å². The first kappa shape index (κ1) is 21.9. The lowest BCUT2D eigenvalue weighted by atomic mass is 9.93. The zero-order valence-corrected chi connectivity index (χ0v) is 16.5. The van der Waals surface area contributed by atoms with Gasteiger partial charge in [0.15, 0.2) is 5.69 Å². The fourth-order valence-corrected chi connectivity index (χ4v) is 3.97. The minimum absolute atomic E-state index is 0.0363. The van der Waals surface area contributed by atoms with Crippen molar-refractivity contribution >= 4 is 34.9 Å². The topological polar surface area (TPSA) is 50.2 Å². The van der Waals surface area contributed by atoms with Crippen LogP contribution in [0.1, 0.15) is 49.8 Å². The van der Waals surface area contributed by atoms with Gasteiger partial charge in [0, 0.05) is 15.6 Å². The number of amidine groups is 1. The molecule has 1 aliphatic carbocycles. The van der Waals surface area contributed by atoms with E-state index in [4.69, 9.17) is 23.2 Å². The highest BCUT2D eigenvalue weighted by Crippen LogP contribution is 2.43. The maximum atomic E-state index is 13.4. The van der Waals surface area contributed by atoms with E-state index >= 15 is 0 Å². The van der Waals surface area contributed by atoms with Crippen molar-refractivity contribution in [3.63, 3.8) is 0 Å². The van der Waals surface area contributed by atoms with Crippen molar-refractivity contribution in [1.29, 1.82) is 0 Å². The second kappa shape index (κ2) is 7.46. The standard InChI is InChI=1S/C17H14Cl2F6N4/c1-3-7-4-8(18)11(9(19)5-7)14-26-6(2)10-12(16(20,21)22)27-15(17(23,24)25)29-13(10)28-14/h4,6-7H,3,5H2,1-2H3,(H,26,27,28,29). The summed E-state index contributed by atoms with van der Waals surface area (Å²) < 4.78 is 79.4. The first-order valence-corrected chi connectivity index (χ1v) is 9.26. The summed E-state index contributed by atoms with van der Waals surface area (Å²) in [6.07, 6.45) is -7.37. The number of hydrogen-bond acceptors (Lipinski definition) is 4. The number of nitrogens with zero attached hydrogens (tertiary/aromatic N) is 3. The Balaban J connectivity index is 2.13. The molecule has 0 saturated carbocycles. The van der Waals surface area contributed by atoms with Crippen LogP contribution in [0.25, 0.3) is 0 Å². The number of alkyl halides is 6. The predicted octanol–water partition coefficient (Wildman–Crippen LogP) is 6.44. The van der Waals surface area contributed by atoms with Crippen molar-refractivity contribution < 1.29 is 26.3 Å². The number of aliphatic imine (C=N–C) groups is 1. The van der Waals surface area contributed by atoms with Gasteiger partial charge in [-0.2, -0.15) is 26.3 Å². The van der Waals surface area contributed by atoms with E-state index in [9.17, 15) is 26.3 Å². The molecule has 1 aliphatic heterocycles. The summed E-state index contributed by atoms with van der Waals surface area (Å²) >= 11 is 12.6. The Morgan fingerprint density at radius 2 is 1.76 bits per heavy atom. The highest BCUT2D eigenvalue weighted by molar-refractivity contribution is 6.41. The van der Waals surface area contributed by atoms with E-state index in [0.717, 1.165) is 6.42 Å².